The fourth-order valence-corrected chi connectivity index (χ4v) is 1.61. The number of hydrogen-bond donors (Lipinski definition) is 0. The zero-order chi connectivity index (χ0) is 15.3. The molecule has 3 heteroatoms. The van der Waals surface area contributed by atoms with Gasteiger partial charge in [-0.15, -0.1) is 0 Å². The Bertz CT molecular complexity index is 428. The van der Waals surface area contributed by atoms with Crippen LogP contribution < -0.4 is 0 Å². The molecule has 0 bridgehead atoms. The minimum atomic E-state index is 0. The first kappa shape index (κ1) is 28.0. The number of hydrogen-bond acceptors (Lipinski definition) is 1. The van der Waals surface area contributed by atoms with Crippen molar-refractivity contribution in [3.63, 3.8) is 0 Å². The van der Waals surface area contributed by atoms with Crippen molar-refractivity contribution in [2.45, 2.75) is 75.8 Å². The fourth-order valence-electron chi connectivity index (χ4n) is 1.61. The summed E-state index contributed by atoms with van der Waals surface area (Å²) < 4.78 is 2.25. The summed E-state index contributed by atoms with van der Waals surface area (Å²) in [5.74, 6) is 0. The fraction of sp³-hybridized carbons (Fsp3) is 0.611. The molecule has 0 saturated heterocycles. The summed E-state index contributed by atoms with van der Waals surface area (Å²) in [5.41, 5.74) is 3.43. The van der Waals surface area contributed by atoms with Gasteiger partial charge in [0.05, 0.1) is 11.0 Å². The molecule has 21 heavy (non-hydrogen) atoms. The summed E-state index contributed by atoms with van der Waals surface area (Å²) in [6.07, 6.45) is 3.28. The molecule has 3 radical (unpaired) electrons. The summed E-state index contributed by atoms with van der Waals surface area (Å²) in [6, 6.07) is 6.29. The van der Waals surface area contributed by atoms with E-state index >= 15 is 0 Å². The van der Waals surface area contributed by atoms with Gasteiger partial charge in [-0.1, -0.05) is 55.9 Å². The molecule has 2 heterocycles. The van der Waals surface area contributed by atoms with Gasteiger partial charge in [-0.05, 0) is 31.5 Å². The third-order valence-corrected chi connectivity index (χ3v) is 2.23. The molecule has 0 aromatic carbocycles. The average molecular weight is 294 g/mol. The van der Waals surface area contributed by atoms with Crippen molar-refractivity contribution in [2.24, 2.45) is 0 Å². The zero-order valence-electron chi connectivity index (χ0n) is 14.7. The topological polar surface area (TPSA) is 17.8 Å². The highest BCUT2D eigenvalue weighted by Gasteiger charge is 2.00. The van der Waals surface area contributed by atoms with Gasteiger partial charge in [-0.2, -0.15) is 0 Å². The van der Waals surface area contributed by atoms with Crippen LogP contribution in [-0.4, -0.2) is 18.0 Å². The molecule has 2 aromatic rings. The standard InChI is InChI=1S/C11H14N2.3C2H6.CH4.B.H2/c1-3-7-13-8-6-10-11(13)5-4-9(2)12-10;3*1-2;;;/h4-6,8H,3,7H2,1-2H3;3*1-2H3;1H4;;1H/i;;;;;;1+1. The van der Waals surface area contributed by atoms with Gasteiger partial charge in [0, 0.05) is 28.3 Å². The van der Waals surface area contributed by atoms with Gasteiger partial charge in [-0.25, -0.2) is 0 Å². The quantitative estimate of drug-likeness (QED) is 0.591. The van der Waals surface area contributed by atoms with E-state index in [0.717, 1.165) is 24.2 Å². The summed E-state index contributed by atoms with van der Waals surface area (Å²) in [6.45, 7) is 17.3. The van der Waals surface area contributed by atoms with Gasteiger partial charge in [0.15, 0.2) is 0 Å². The first-order chi connectivity index (χ1) is 9.31. The van der Waals surface area contributed by atoms with Crippen molar-refractivity contribution in [1.29, 1.82) is 0 Å². The Balaban J connectivity index is -0.0000000966. The minimum absolute atomic E-state index is 0. The lowest BCUT2D eigenvalue weighted by Gasteiger charge is -2.01. The van der Waals surface area contributed by atoms with Gasteiger partial charge in [0.1, 0.15) is 0 Å². The van der Waals surface area contributed by atoms with Gasteiger partial charge < -0.3 is 4.57 Å². The molecule has 0 saturated carbocycles. The largest absolute Gasteiger partial charge is 0.346 e. The second kappa shape index (κ2) is 18.8. The molecule has 2 rings (SSSR count). The molecule has 2 aromatic heterocycles. The molecule has 0 N–H and O–H groups in total. The summed E-state index contributed by atoms with van der Waals surface area (Å²) in [4.78, 5) is 4.46. The molecule has 0 aliphatic rings. The van der Waals surface area contributed by atoms with Crippen molar-refractivity contribution in [1.82, 2.24) is 9.55 Å². The van der Waals surface area contributed by atoms with Crippen LogP contribution in [0.1, 0.15) is 69.4 Å². The lowest BCUT2D eigenvalue weighted by Crippen LogP contribution is -1.94. The molecule has 2 nitrogen and oxygen atoms in total. The van der Waals surface area contributed by atoms with Crippen LogP contribution in [0.25, 0.3) is 11.0 Å². The molecule has 0 spiro atoms. The van der Waals surface area contributed by atoms with Crippen LogP contribution in [-0.2, 0) is 6.54 Å². The first-order valence-corrected chi connectivity index (χ1v) is 7.74. The monoisotopic (exact) mass is 294 g/mol. The SMILES string of the molecule is C.CC.CC.CC.CCCn1ccc2nc(C)ccc21.[2HH].[B]. The molecule has 123 valence electrons. The van der Waals surface area contributed by atoms with Crippen LogP contribution in [0.5, 0.6) is 0 Å². The van der Waals surface area contributed by atoms with Crippen molar-refractivity contribution < 1.29 is 1.43 Å². The van der Waals surface area contributed by atoms with Gasteiger partial charge in [0.2, 0.25) is 0 Å². The van der Waals surface area contributed by atoms with Crippen LogP contribution in [0.2, 0.25) is 0 Å². The van der Waals surface area contributed by atoms with Crippen LogP contribution in [0.4, 0.5) is 0 Å². The molecular formula is C18H38BN2. The maximum atomic E-state index is 4.46. The van der Waals surface area contributed by atoms with Crippen LogP contribution in [0.15, 0.2) is 24.4 Å². The maximum Gasteiger partial charge on any atom is 0.0884 e. The first-order valence-electron chi connectivity index (χ1n) is 7.74. The minimum Gasteiger partial charge on any atom is -0.346 e. The van der Waals surface area contributed by atoms with Crippen LogP contribution >= 0.6 is 0 Å². The van der Waals surface area contributed by atoms with E-state index in [1.54, 1.807) is 0 Å². The van der Waals surface area contributed by atoms with E-state index in [2.05, 4.69) is 40.9 Å². The Hall–Kier alpha value is -1.25. The van der Waals surface area contributed by atoms with E-state index in [0.29, 0.717) is 0 Å². The maximum absolute atomic E-state index is 4.46. The van der Waals surface area contributed by atoms with Gasteiger partial charge >= 0.3 is 0 Å². The molecule has 0 amide bonds. The van der Waals surface area contributed by atoms with Gasteiger partial charge in [-0.3, -0.25) is 4.98 Å². The van der Waals surface area contributed by atoms with E-state index in [1.807, 2.05) is 48.5 Å². The molecule has 0 atom stereocenters. The number of nitrogens with zero attached hydrogens (tertiary/aromatic N) is 2. The van der Waals surface area contributed by atoms with E-state index in [-0.39, 0.29) is 17.3 Å². The van der Waals surface area contributed by atoms with E-state index in [4.69, 9.17) is 0 Å². The Morgan fingerprint density at radius 2 is 1.52 bits per heavy atom. The Labute approximate surface area is 137 Å². The number of aromatic nitrogens is 2. The van der Waals surface area contributed by atoms with Crippen molar-refractivity contribution >= 4 is 19.4 Å². The van der Waals surface area contributed by atoms with E-state index in [9.17, 15) is 0 Å². The normalized spacial score (nSPS) is 7.62. The molecule has 0 aliphatic carbocycles. The Kier molecular flexibility index (Phi) is 25.0. The third-order valence-electron chi connectivity index (χ3n) is 2.23. The predicted molar refractivity (Wildman–Crippen MR) is 103 cm³/mol. The second-order valence-electron chi connectivity index (χ2n) is 3.37. The van der Waals surface area contributed by atoms with Crippen LogP contribution in [0.3, 0.4) is 0 Å². The highest BCUT2D eigenvalue weighted by molar-refractivity contribution is 5.76. The van der Waals surface area contributed by atoms with Crippen molar-refractivity contribution in [2.75, 3.05) is 0 Å². The van der Waals surface area contributed by atoms with Gasteiger partial charge in [0.25, 0.3) is 0 Å². The summed E-state index contributed by atoms with van der Waals surface area (Å²) in [5, 5.41) is 0. The average Bonchev–Trinajstić information content (AvgIpc) is 2.88. The number of aryl methyl sites for hydroxylation is 2. The van der Waals surface area contributed by atoms with Crippen molar-refractivity contribution in [3.05, 3.63) is 30.1 Å². The van der Waals surface area contributed by atoms with E-state index in [1.165, 1.54) is 5.52 Å². The number of rotatable bonds is 2. The molecule has 0 aliphatic heterocycles. The number of pyridine rings is 1. The van der Waals surface area contributed by atoms with Crippen molar-refractivity contribution in [3.8, 4) is 0 Å². The Morgan fingerprint density at radius 3 is 2.00 bits per heavy atom. The van der Waals surface area contributed by atoms with E-state index < -0.39 is 0 Å². The summed E-state index contributed by atoms with van der Waals surface area (Å²) >= 11 is 0. The second-order valence-corrected chi connectivity index (χ2v) is 3.37. The molecule has 0 fully saturated rings. The highest BCUT2D eigenvalue weighted by atomic mass is 15.0. The third kappa shape index (κ3) is 9.33. The van der Waals surface area contributed by atoms with Crippen LogP contribution in [0, 0.1) is 6.92 Å². The summed E-state index contributed by atoms with van der Waals surface area (Å²) in [7, 11) is 0. The molecular weight excluding hydrogens is 255 g/mol. The smallest absolute Gasteiger partial charge is 0.0884 e. The molecule has 0 unspecified atom stereocenters. The highest BCUT2D eigenvalue weighted by Crippen LogP contribution is 2.14. The Morgan fingerprint density at radius 1 is 1.00 bits per heavy atom. The zero-order valence-corrected chi connectivity index (χ0v) is 14.7. The lowest BCUT2D eigenvalue weighted by atomic mass is 10.3. The number of fused-ring (bicyclic) bond motifs is 1. The predicted octanol–water partition coefficient (Wildman–Crippen LogP) is 6.33. The lowest BCUT2D eigenvalue weighted by molar-refractivity contribution is 0.703.